The van der Waals surface area contributed by atoms with Crippen LogP contribution in [0, 0.1) is 6.92 Å². The molecule has 0 spiro atoms. The summed E-state index contributed by atoms with van der Waals surface area (Å²) < 4.78 is 8.25. The van der Waals surface area contributed by atoms with E-state index >= 15 is 0 Å². The first kappa shape index (κ1) is 18.7. The van der Waals surface area contributed by atoms with E-state index in [0.29, 0.717) is 11.6 Å². The van der Waals surface area contributed by atoms with Crippen molar-refractivity contribution >= 4 is 22.6 Å². The molecular formula is C21H26ClN3O. The Bertz CT molecular complexity index is 871. The van der Waals surface area contributed by atoms with Crippen LogP contribution >= 0.6 is 11.6 Å². The highest BCUT2D eigenvalue weighted by Gasteiger charge is 2.13. The average molecular weight is 372 g/mol. The molecule has 0 atom stereocenters. The number of ether oxygens (including phenoxy) is 1. The van der Waals surface area contributed by atoms with Crippen LogP contribution in [0.5, 0.6) is 5.75 Å². The Morgan fingerprint density at radius 3 is 2.65 bits per heavy atom. The number of nitrogens with zero attached hydrogens (tertiary/aromatic N) is 3. The molecule has 1 aromatic heterocycles. The minimum atomic E-state index is 0.438. The van der Waals surface area contributed by atoms with E-state index in [1.807, 2.05) is 36.4 Å². The van der Waals surface area contributed by atoms with Gasteiger partial charge in [-0.3, -0.25) is 0 Å². The third-order valence-electron chi connectivity index (χ3n) is 4.68. The van der Waals surface area contributed by atoms with E-state index in [9.17, 15) is 0 Å². The van der Waals surface area contributed by atoms with Crippen LogP contribution in [0.25, 0.3) is 11.0 Å². The molecule has 0 bridgehead atoms. The largest absolute Gasteiger partial charge is 0.486 e. The van der Waals surface area contributed by atoms with E-state index in [1.54, 1.807) is 0 Å². The molecule has 3 aromatic rings. The second-order valence-corrected chi connectivity index (χ2v) is 6.88. The van der Waals surface area contributed by atoms with Crippen molar-refractivity contribution in [1.82, 2.24) is 14.5 Å². The van der Waals surface area contributed by atoms with Gasteiger partial charge < -0.3 is 14.2 Å². The molecule has 0 saturated carbocycles. The lowest BCUT2D eigenvalue weighted by atomic mass is 10.2. The molecule has 0 saturated heterocycles. The highest BCUT2D eigenvalue weighted by Crippen LogP contribution is 2.22. The van der Waals surface area contributed by atoms with Crippen molar-refractivity contribution in [1.29, 1.82) is 0 Å². The fourth-order valence-electron chi connectivity index (χ4n) is 3.15. The summed E-state index contributed by atoms with van der Waals surface area (Å²) in [6.45, 7) is 10.8. The van der Waals surface area contributed by atoms with Gasteiger partial charge in [0.05, 0.1) is 11.0 Å². The van der Waals surface area contributed by atoms with Crippen molar-refractivity contribution in [3.05, 3.63) is 58.9 Å². The SMILES string of the molecule is CCN(CC)CCn1c(COc2cccc(C)c2)nc2cc(Cl)ccc21. The van der Waals surface area contributed by atoms with Crippen LogP contribution in [0.2, 0.25) is 5.02 Å². The van der Waals surface area contributed by atoms with Crippen LogP contribution in [0.1, 0.15) is 25.2 Å². The zero-order chi connectivity index (χ0) is 18.5. The van der Waals surface area contributed by atoms with Crippen LogP contribution in [0.3, 0.4) is 0 Å². The Hall–Kier alpha value is -2.04. The van der Waals surface area contributed by atoms with Crippen LogP contribution in [-0.4, -0.2) is 34.1 Å². The zero-order valence-corrected chi connectivity index (χ0v) is 16.5. The summed E-state index contributed by atoms with van der Waals surface area (Å²) >= 11 is 6.15. The molecule has 0 aliphatic heterocycles. The Kier molecular flexibility index (Phi) is 6.17. The Morgan fingerprint density at radius 1 is 1.12 bits per heavy atom. The molecule has 2 aromatic carbocycles. The summed E-state index contributed by atoms with van der Waals surface area (Å²) in [6, 6.07) is 14.0. The Morgan fingerprint density at radius 2 is 1.92 bits per heavy atom. The zero-order valence-electron chi connectivity index (χ0n) is 15.7. The van der Waals surface area contributed by atoms with Gasteiger partial charge in [0.1, 0.15) is 18.2 Å². The maximum atomic E-state index is 6.15. The van der Waals surface area contributed by atoms with Crippen molar-refractivity contribution in [3.63, 3.8) is 0 Å². The number of likely N-dealkylation sites (N-methyl/N-ethyl adjacent to an activating group) is 1. The smallest absolute Gasteiger partial charge is 0.148 e. The molecule has 3 rings (SSSR count). The molecule has 0 amide bonds. The highest BCUT2D eigenvalue weighted by atomic mass is 35.5. The molecule has 0 aliphatic carbocycles. The fourth-order valence-corrected chi connectivity index (χ4v) is 3.31. The molecule has 0 aliphatic rings. The quantitative estimate of drug-likeness (QED) is 0.563. The van der Waals surface area contributed by atoms with Crippen LogP contribution in [0.4, 0.5) is 0 Å². The Labute approximate surface area is 160 Å². The van der Waals surface area contributed by atoms with E-state index in [-0.39, 0.29) is 0 Å². The lowest BCUT2D eigenvalue weighted by molar-refractivity contribution is 0.271. The van der Waals surface area contributed by atoms with Gasteiger partial charge in [0, 0.05) is 18.1 Å². The summed E-state index contributed by atoms with van der Waals surface area (Å²) in [7, 11) is 0. The lowest BCUT2D eigenvalue weighted by Gasteiger charge is -2.19. The molecule has 0 unspecified atom stereocenters. The molecule has 138 valence electrons. The number of aryl methyl sites for hydroxylation is 1. The van der Waals surface area contributed by atoms with Gasteiger partial charge in [-0.1, -0.05) is 37.6 Å². The predicted molar refractivity (Wildman–Crippen MR) is 108 cm³/mol. The fraction of sp³-hybridized carbons (Fsp3) is 0.381. The number of benzene rings is 2. The van der Waals surface area contributed by atoms with Gasteiger partial charge in [0.25, 0.3) is 0 Å². The van der Waals surface area contributed by atoms with Gasteiger partial charge in [-0.15, -0.1) is 0 Å². The first-order valence-corrected chi connectivity index (χ1v) is 9.55. The molecule has 0 N–H and O–H groups in total. The van der Waals surface area contributed by atoms with E-state index in [1.165, 1.54) is 5.56 Å². The van der Waals surface area contributed by atoms with Crippen LogP contribution < -0.4 is 4.74 Å². The van der Waals surface area contributed by atoms with Gasteiger partial charge in [0.2, 0.25) is 0 Å². The molecule has 4 nitrogen and oxygen atoms in total. The minimum Gasteiger partial charge on any atom is -0.486 e. The van der Waals surface area contributed by atoms with E-state index < -0.39 is 0 Å². The number of halogens is 1. The molecular weight excluding hydrogens is 346 g/mol. The van der Waals surface area contributed by atoms with Crippen molar-refractivity contribution < 1.29 is 4.74 Å². The molecule has 0 fully saturated rings. The first-order chi connectivity index (χ1) is 12.6. The number of imidazole rings is 1. The third-order valence-corrected chi connectivity index (χ3v) is 4.92. The highest BCUT2D eigenvalue weighted by molar-refractivity contribution is 6.31. The average Bonchev–Trinajstić information content (AvgIpc) is 2.97. The van der Waals surface area contributed by atoms with E-state index in [4.69, 9.17) is 21.3 Å². The van der Waals surface area contributed by atoms with Crippen LogP contribution in [-0.2, 0) is 13.2 Å². The number of fused-ring (bicyclic) bond motifs is 1. The van der Waals surface area contributed by atoms with Gasteiger partial charge in [-0.05, 0) is 55.9 Å². The molecule has 26 heavy (non-hydrogen) atoms. The minimum absolute atomic E-state index is 0.438. The third kappa shape index (κ3) is 4.37. The maximum Gasteiger partial charge on any atom is 0.148 e. The monoisotopic (exact) mass is 371 g/mol. The van der Waals surface area contributed by atoms with E-state index in [2.05, 4.69) is 36.3 Å². The molecule has 5 heteroatoms. The number of hydrogen-bond acceptors (Lipinski definition) is 3. The first-order valence-electron chi connectivity index (χ1n) is 9.17. The second kappa shape index (κ2) is 8.56. The lowest BCUT2D eigenvalue weighted by Crippen LogP contribution is -2.27. The topological polar surface area (TPSA) is 30.3 Å². The van der Waals surface area contributed by atoms with Gasteiger partial charge in [-0.25, -0.2) is 4.98 Å². The summed E-state index contributed by atoms with van der Waals surface area (Å²) in [6.07, 6.45) is 0. The standard InChI is InChI=1S/C21H26ClN3O/c1-4-24(5-2)11-12-25-20-10-9-17(22)14-19(20)23-21(25)15-26-18-8-6-7-16(3)13-18/h6-10,13-14H,4-5,11-12,15H2,1-3H3. The van der Waals surface area contributed by atoms with Crippen LogP contribution in [0.15, 0.2) is 42.5 Å². The van der Waals surface area contributed by atoms with Crippen molar-refractivity contribution in [2.75, 3.05) is 19.6 Å². The van der Waals surface area contributed by atoms with Gasteiger partial charge in [0.15, 0.2) is 0 Å². The van der Waals surface area contributed by atoms with E-state index in [0.717, 1.165) is 48.8 Å². The molecule has 0 radical (unpaired) electrons. The summed E-state index contributed by atoms with van der Waals surface area (Å²) in [5.41, 5.74) is 3.20. The summed E-state index contributed by atoms with van der Waals surface area (Å²) in [4.78, 5) is 7.19. The van der Waals surface area contributed by atoms with Gasteiger partial charge in [-0.2, -0.15) is 0 Å². The predicted octanol–water partition coefficient (Wildman–Crippen LogP) is 4.92. The number of hydrogen-bond donors (Lipinski definition) is 0. The van der Waals surface area contributed by atoms with Crippen molar-refractivity contribution in [2.45, 2.75) is 33.9 Å². The van der Waals surface area contributed by atoms with Crippen molar-refractivity contribution in [3.8, 4) is 5.75 Å². The Balaban J connectivity index is 1.85. The van der Waals surface area contributed by atoms with Crippen molar-refractivity contribution in [2.24, 2.45) is 0 Å². The second-order valence-electron chi connectivity index (χ2n) is 6.44. The number of rotatable bonds is 8. The number of aromatic nitrogens is 2. The van der Waals surface area contributed by atoms with Gasteiger partial charge >= 0.3 is 0 Å². The summed E-state index contributed by atoms with van der Waals surface area (Å²) in [5, 5.41) is 0.706. The normalized spacial score (nSPS) is 11.4. The molecule has 1 heterocycles. The maximum absolute atomic E-state index is 6.15. The summed E-state index contributed by atoms with van der Waals surface area (Å²) in [5.74, 6) is 1.79.